The van der Waals surface area contributed by atoms with Gasteiger partial charge in [-0.1, -0.05) is 19.1 Å². The number of hydrogen-bond acceptors (Lipinski definition) is 2. The van der Waals surface area contributed by atoms with E-state index in [0.717, 1.165) is 18.7 Å². The lowest BCUT2D eigenvalue weighted by atomic mass is 10.0. The number of halogens is 1. The number of aryl methyl sites for hydroxylation is 1. The smallest absolute Gasteiger partial charge is 0.234 e. The second kappa shape index (κ2) is 6.84. The highest BCUT2D eigenvalue weighted by atomic mass is 19.1. The van der Waals surface area contributed by atoms with Crippen LogP contribution < -0.4 is 5.32 Å². The minimum atomic E-state index is -0.206. The van der Waals surface area contributed by atoms with Gasteiger partial charge in [0, 0.05) is 13.1 Å². The van der Waals surface area contributed by atoms with Crippen LogP contribution in [-0.2, 0) is 11.3 Å². The van der Waals surface area contributed by atoms with E-state index in [0.29, 0.717) is 24.6 Å². The Morgan fingerprint density at radius 3 is 3.00 bits per heavy atom. The van der Waals surface area contributed by atoms with Gasteiger partial charge in [0.15, 0.2) is 0 Å². The Hall–Kier alpha value is -1.42. The summed E-state index contributed by atoms with van der Waals surface area (Å²) in [5, 5.41) is 2.90. The average Bonchev–Trinajstić information content (AvgIpc) is 2.40. The van der Waals surface area contributed by atoms with Crippen molar-refractivity contribution >= 4 is 5.91 Å². The summed E-state index contributed by atoms with van der Waals surface area (Å²) in [5.41, 5.74) is 1.55. The van der Waals surface area contributed by atoms with E-state index >= 15 is 0 Å². The lowest BCUT2D eigenvalue weighted by molar-refractivity contribution is -0.122. The fourth-order valence-corrected chi connectivity index (χ4v) is 2.71. The van der Waals surface area contributed by atoms with Gasteiger partial charge in [-0.15, -0.1) is 0 Å². The van der Waals surface area contributed by atoms with Gasteiger partial charge in [-0.05, 0) is 49.4 Å². The van der Waals surface area contributed by atoms with Crippen LogP contribution >= 0.6 is 0 Å². The molecule has 1 aliphatic heterocycles. The maximum atomic E-state index is 13.1. The zero-order chi connectivity index (χ0) is 14.5. The molecule has 0 spiro atoms. The number of carbonyl (C=O) groups excluding carboxylic acids is 1. The first-order chi connectivity index (χ1) is 9.54. The molecule has 4 heteroatoms. The number of rotatable bonds is 4. The lowest BCUT2D eigenvalue weighted by Crippen LogP contribution is -2.41. The van der Waals surface area contributed by atoms with Crippen LogP contribution in [0.5, 0.6) is 0 Å². The summed E-state index contributed by atoms with van der Waals surface area (Å²) in [6.07, 6.45) is 2.43. The molecule has 1 heterocycles. The molecule has 1 fully saturated rings. The van der Waals surface area contributed by atoms with Crippen LogP contribution in [0.1, 0.15) is 30.9 Å². The monoisotopic (exact) mass is 278 g/mol. The van der Waals surface area contributed by atoms with E-state index in [9.17, 15) is 9.18 Å². The Morgan fingerprint density at radius 2 is 2.30 bits per heavy atom. The summed E-state index contributed by atoms with van der Waals surface area (Å²) >= 11 is 0. The fourth-order valence-electron chi connectivity index (χ4n) is 2.71. The Bertz CT molecular complexity index is 476. The summed E-state index contributed by atoms with van der Waals surface area (Å²) < 4.78 is 13.1. The lowest BCUT2D eigenvalue weighted by Gasteiger charge is -2.30. The predicted molar refractivity (Wildman–Crippen MR) is 77.8 cm³/mol. The quantitative estimate of drug-likeness (QED) is 0.917. The molecule has 0 radical (unpaired) electrons. The van der Waals surface area contributed by atoms with Crippen molar-refractivity contribution in [3.63, 3.8) is 0 Å². The molecule has 0 saturated carbocycles. The molecule has 1 unspecified atom stereocenters. The van der Waals surface area contributed by atoms with Gasteiger partial charge in [0.2, 0.25) is 5.91 Å². The highest BCUT2D eigenvalue weighted by Crippen LogP contribution is 2.14. The summed E-state index contributed by atoms with van der Waals surface area (Å²) in [5.74, 6) is 0.514. The molecule has 1 aliphatic rings. The number of likely N-dealkylation sites (tertiary alicyclic amines) is 1. The molecule has 3 nitrogen and oxygen atoms in total. The molecule has 0 aromatic heterocycles. The Labute approximate surface area is 120 Å². The van der Waals surface area contributed by atoms with Crippen molar-refractivity contribution in [1.82, 2.24) is 10.2 Å². The molecule has 1 N–H and O–H groups in total. The van der Waals surface area contributed by atoms with E-state index in [1.165, 1.54) is 18.9 Å². The van der Waals surface area contributed by atoms with Crippen LogP contribution in [-0.4, -0.2) is 30.4 Å². The Kier molecular flexibility index (Phi) is 5.12. The van der Waals surface area contributed by atoms with Crippen molar-refractivity contribution in [3.05, 3.63) is 35.1 Å². The van der Waals surface area contributed by atoms with Crippen molar-refractivity contribution in [2.75, 3.05) is 19.6 Å². The van der Waals surface area contributed by atoms with Crippen molar-refractivity contribution in [1.29, 1.82) is 0 Å². The first-order valence-corrected chi connectivity index (χ1v) is 7.28. The van der Waals surface area contributed by atoms with Crippen LogP contribution in [0, 0.1) is 18.7 Å². The van der Waals surface area contributed by atoms with Crippen molar-refractivity contribution in [2.24, 2.45) is 5.92 Å². The summed E-state index contributed by atoms with van der Waals surface area (Å²) in [6, 6.07) is 4.94. The topological polar surface area (TPSA) is 32.3 Å². The molecule has 2 rings (SSSR count). The molecule has 110 valence electrons. The van der Waals surface area contributed by atoms with Gasteiger partial charge in [-0.25, -0.2) is 4.39 Å². The molecule has 0 bridgehead atoms. The Morgan fingerprint density at radius 1 is 1.50 bits per heavy atom. The van der Waals surface area contributed by atoms with E-state index in [1.54, 1.807) is 19.1 Å². The van der Waals surface area contributed by atoms with Gasteiger partial charge in [-0.3, -0.25) is 9.69 Å². The van der Waals surface area contributed by atoms with Crippen LogP contribution in [0.25, 0.3) is 0 Å². The third kappa shape index (κ3) is 4.30. The van der Waals surface area contributed by atoms with E-state index < -0.39 is 0 Å². The van der Waals surface area contributed by atoms with E-state index in [-0.39, 0.29) is 11.7 Å². The number of amides is 1. The SMILES string of the molecule is Cc1cc(CNC(=O)CN2CCCC(C)C2)ccc1F. The second-order valence-electron chi connectivity index (χ2n) is 5.84. The first-order valence-electron chi connectivity index (χ1n) is 7.28. The first kappa shape index (κ1) is 15.0. The molecule has 1 atom stereocenters. The van der Waals surface area contributed by atoms with E-state index in [1.807, 2.05) is 0 Å². The molecule has 1 saturated heterocycles. The molecule has 0 aliphatic carbocycles. The van der Waals surface area contributed by atoms with Crippen molar-refractivity contribution < 1.29 is 9.18 Å². The van der Waals surface area contributed by atoms with Gasteiger partial charge in [0.25, 0.3) is 0 Å². The van der Waals surface area contributed by atoms with Crippen molar-refractivity contribution in [2.45, 2.75) is 33.2 Å². The van der Waals surface area contributed by atoms with Gasteiger partial charge in [-0.2, -0.15) is 0 Å². The standard InChI is InChI=1S/C16H23FN2O/c1-12-4-3-7-19(10-12)11-16(20)18-9-14-5-6-15(17)13(2)8-14/h5-6,8,12H,3-4,7,9-11H2,1-2H3,(H,18,20). The number of nitrogens with one attached hydrogen (secondary N) is 1. The van der Waals surface area contributed by atoms with E-state index in [2.05, 4.69) is 17.1 Å². The number of nitrogens with zero attached hydrogens (tertiary/aromatic N) is 1. The van der Waals surface area contributed by atoms with Gasteiger partial charge in [0.05, 0.1) is 6.54 Å². The van der Waals surface area contributed by atoms with Gasteiger partial charge >= 0.3 is 0 Å². The van der Waals surface area contributed by atoms with E-state index in [4.69, 9.17) is 0 Å². The van der Waals surface area contributed by atoms with Crippen LogP contribution in [0.2, 0.25) is 0 Å². The second-order valence-corrected chi connectivity index (χ2v) is 5.84. The van der Waals surface area contributed by atoms with Crippen LogP contribution in [0.4, 0.5) is 4.39 Å². The van der Waals surface area contributed by atoms with Gasteiger partial charge in [0.1, 0.15) is 5.82 Å². The summed E-state index contributed by atoms with van der Waals surface area (Å²) in [6.45, 7) is 6.89. The number of piperidine rings is 1. The molecular formula is C16H23FN2O. The fraction of sp³-hybridized carbons (Fsp3) is 0.562. The third-order valence-corrected chi connectivity index (χ3v) is 3.82. The third-order valence-electron chi connectivity index (χ3n) is 3.82. The maximum absolute atomic E-state index is 13.1. The number of benzene rings is 1. The number of carbonyl (C=O) groups is 1. The van der Waals surface area contributed by atoms with Crippen LogP contribution in [0.15, 0.2) is 18.2 Å². The van der Waals surface area contributed by atoms with Crippen LogP contribution in [0.3, 0.4) is 0 Å². The molecule has 20 heavy (non-hydrogen) atoms. The predicted octanol–water partition coefficient (Wildman–Crippen LogP) is 2.48. The minimum Gasteiger partial charge on any atom is -0.351 e. The van der Waals surface area contributed by atoms with Gasteiger partial charge < -0.3 is 5.32 Å². The zero-order valence-electron chi connectivity index (χ0n) is 12.3. The summed E-state index contributed by atoms with van der Waals surface area (Å²) in [4.78, 5) is 14.1. The molecule has 1 aromatic rings. The van der Waals surface area contributed by atoms with Crippen molar-refractivity contribution in [3.8, 4) is 0 Å². The highest BCUT2D eigenvalue weighted by molar-refractivity contribution is 5.78. The molecule has 1 aromatic carbocycles. The average molecular weight is 278 g/mol. The number of hydrogen-bond donors (Lipinski definition) is 1. The molecule has 1 amide bonds. The maximum Gasteiger partial charge on any atom is 0.234 e. The minimum absolute atomic E-state index is 0.0427. The Balaban J connectivity index is 1.78. The highest BCUT2D eigenvalue weighted by Gasteiger charge is 2.18. The zero-order valence-corrected chi connectivity index (χ0v) is 12.3. The largest absolute Gasteiger partial charge is 0.351 e. The molecular weight excluding hydrogens is 255 g/mol. The summed E-state index contributed by atoms with van der Waals surface area (Å²) in [7, 11) is 0. The normalized spacial score (nSPS) is 19.9.